The summed E-state index contributed by atoms with van der Waals surface area (Å²) in [6, 6.07) is 0. The molecule has 0 aromatic heterocycles. The summed E-state index contributed by atoms with van der Waals surface area (Å²) in [6.07, 6.45) is 4.52. The van der Waals surface area contributed by atoms with Gasteiger partial charge in [-0.3, -0.25) is 0 Å². The summed E-state index contributed by atoms with van der Waals surface area (Å²) in [6.45, 7) is 0.899. The SMILES string of the molecule is N#CNCC1CC1. The van der Waals surface area contributed by atoms with Crippen molar-refractivity contribution in [2.45, 2.75) is 12.8 Å². The van der Waals surface area contributed by atoms with Crippen LogP contribution in [-0.4, -0.2) is 6.54 Å². The van der Waals surface area contributed by atoms with Gasteiger partial charge in [0, 0.05) is 6.54 Å². The molecule has 0 aromatic rings. The number of hydrogen-bond donors (Lipinski definition) is 1. The van der Waals surface area contributed by atoms with Crippen LogP contribution in [0.5, 0.6) is 0 Å². The molecule has 1 rings (SSSR count). The second kappa shape index (κ2) is 1.83. The van der Waals surface area contributed by atoms with Gasteiger partial charge in [0.2, 0.25) is 0 Å². The third kappa shape index (κ3) is 1.45. The number of nitriles is 1. The minimum atomic E-state index is 0.819. The first-order chi connectivity index (χ1) is 3.43. The molecular weight excluding hydrogens is 88.1 g/mol. The lowest BCUT2D eigenvalue weighted by molar-refractivity contribution is 0.756. The van der Waals surface area contributed by atoms with Crippen LogP contribution < -0.4 is 5.32 Å². The minimum Gasteiger partial charge on any atom is -0.324 e. The normalized spacial score (nSPS) is 18.1. The van der Waals surface area contributed by atoms with Crippen molar-refractivity contribution in [2.75, 3.05) is 6.54 Å². The fraction of sp³-hybridized carbons (Fsp3) is 0.800. The highest BCUT2D eigenvalue weighted by atomic mass is 14.9. The van der Waals surface area contributed by atoms with Crippen LogP contribution >= 0.6 is 0 Å². The fourth-order valence-electron chi connectivity index (χ4n) is 0.512. The van der Waals surface area contributed by atoms with Crippen LogP contribution in [0.2, 0.25) is 0 Å². The van der Waals surface area contributed by atoms with E-state index in [9.17, 15) is 0 Å². The Kier molecular flexibility index (Phi) is 1.16. The molecule has 1 saturated carbocycles. The molecule has 2 heteroatoms. The smallest absolute Gasteiger partial charge is 0.176 e. The summed E-state index contributed by atoms with van der Waals surface area (Å²) < 4.78 is 0. The van der Waals surface area contributed by atoms with Crippen molar-refractivity contribution in [2.24, 2.45) is 5.92 Å². The van der Waals surface area contributed by atoms with E-state index < -0.39 is 0 Å². The van der Waals surface area contributed by atoms with E-state index in [-0.39, 0.29) is 0 Å². The Morgan fingerprint density at radius 1 is 1.71 bits per heavy atom. The third-order valence-corrected chi connectivity index (χ3v) is 1.17. The van der Waals surface area contributed by atoms with Crippen molar-refractivity contribution in [1.29, 1.82) is 5.26 Å². The summed E-state index contributed by atoms with van der Waals surface area (Å²) in [4.78, 5) is 0. The van der Waals surface area contributed by atoms with Crippen LogP contribution in [-0.2, 0) is 0 Å². The summed E-state index contributed by atoms with van der Waals surface area (Å²) in [5.41, 5.74) is 0. The van der Waals surface area contributed by atoms with Gasteiger partial charge in [-0.15, -0.1) is 0 Å². The molecule has 2 nitrogen and oxygen atoms in total. The minimum absolute atomic E-state index is 0.819. The van der Waals surface area contributed by atoms with Gasteiger partial charge in [-0.2, -0.15) is 5.26 Å². The Bertz CT molecular complexity index is 88.7. The lowest BCUT2D eigenvalue weighted by atomic mass is 10.4. The van der Waals surface area contributed by atoms with Gasteiger partial charge >= 0.3 is 0 Å². The van der Waals surface area contributed by atoms with E-state index in [1.807, 2.05) is 6.19 Å². The first-order valence-electron chi connectivity index (χ1n) is 2.55. The Hall–Kier alpha value is -0.710. The van der Waals surface area contributed by atoms with E-state index >= 15 is 0 Å². The highest BCUT2D eigenvalue weighted by Crippen LogP contribution is 2.27. The Balaban J connectivity index is 1.91. The molecule has 0 bridgehead atoms. The molecule has 0 saturated heterocycles. The van der Waals surface area contributed by atoms with Gasteiger partial charge in [-0.05, 0) is 18.8 Å². The molecule has 1 N–H and O–H groups in total. The fourth-order valence-corrected chi connectivity index (χ4v) is 0.512. The largest absolute Gasteiger partial charge is 0.324 e. The van der Waals surface area contributed by atoms with Crippen LogP contribution in [0.25, 0.3) is 0 Å². The van der Waals surface area contributed by atoms with Gasteiger partial charge in [0.15, 0.2) is 6.19 Å². The zero-order chi connectivity index (χ0) is 5.11. The standard InChI is InChI=1S/C5H8N2/c6-4-7-3-5-1-2-5/h5,7H,1-3H2. The number of nitrogens with one attached hydrogen (secondary N) is 1. The maximum atomic E-state index is 7.98. The zero-order valence-electron chi connectivity index (χ0n) is 4.15. The van der Waals surface area contributed by atoms with E-state index in [0.29, 0.717) is 0 Å². The van der Waals surface area contributed by atoms with Crippen molar-refractivity contribution >= 4 is 0 Å². The van der Waals surface area contributed by atoms with Crippen molar-refractivity contribution in [3.63, 3.8) is 0 Å². The van der Waals surface area contributed by atoms with Gasteiger partial charge in [0.05, 0.1) is 0 Å². The quantitative estimate of drug-likeness (QED) is 0.400. The number of rotatable bonds is 2. The van der Waals surface area contributed by atoms with E-state index in [1.165, 1.54) is 12.8 Å². The highest BCUT2D eigenvalue weighted by molar-refractivity contribution is 4.78. The second-order valence-corrected chi connectivity index (χ2v) is 1.94. The lowest BCUT2D eigenvalue weighted by Gasteiger charge is -1.86. The molecule has 0 amide bonds. The van der Waals surface area contributed by atoms with Crippen molar-refractivity contribution in [3.8, 4) is 6.19 Å². The van der Waals surface area contributed by atoms with Crippen LogP contribution in [0.3, 0.4) is 0 Å². The van der Waals surface area contributed by atoms with E-state index in [4.69, 9.17) is 5.26 Å². The molecule has 1 aliphatic carbocycles. The average Bonchev–Trinajstić information content (AvgIpc) is 2.42. The van der Waals surface area contributed by atoms with Gasteiger partial charge in [0.1, 0.15) is 0 Å². The molecule has 7 heavy (non-hydrogen) atoms. The molecule has 1 fully saturated rings. The topological polar surface area (TPSA) is 35.8 Å². The Labute approximate surface area is 43.1 Å². The molecule has 0 radical (unpaired) electrons. The van der Waals surface area contributed by atoms with E-state index in [1.54, 1.807) is 0 Å². The predicted molar refractivity (Wildman–Crippen MR) is 26.3 cm³/mol. The molecule has 0 spiro atoms. The zero-order valence-corrected chi connectivity index (χ0v) is 4.15. The van der Waals surface area contributed by atoms with Crippen LogP contribution in [0.1, 0.15) is 12.8 Å². The predicted octanol–water partition coefficient (Wildman–Crippen LogP) is 0.467. The van der Waals surface area contributed by atoms with Gasteiger partial charge in [-0.1, -0.05) is 0 Å². The summed E-state index contributed by atoms with van der Waals surface area (Å²) >= 11 is 0. The molecule has 0 unspecified atom stereocenters. The molecular formula is C5H8N2. The van der Waals surface area contributed by atoms with E-state index in [2.05, 4.69) is 5.32 Å². The van der Waals surface area contributed by atoms with Gasteiger partial charge < -0.3 is 5.32 Å². The number of hydrogen-bond acceptors (Lipinski definition) is 2. The first-order valence-corrected chi connectivity index (χ1v) is 2.55. The Morgan fingerprint density at radius 3 is 2.86 bits per heavy atom. The van der Waals surface area contributed by atoms with Crippen molar-refractivity contribution in [3.05, 3.63) is 0 Å². The van der Waals surface area contributed by atoms with Crippen LogP contribution in [0.15, 0.2) is 0 Å². The third-order valence-electron chi connectivity index (χ3n) is 1.17. The molecule has 0 aliphatic heterocycles. The molecule has 0 heterocycles. The number of nitrogens with zero attached hydrogens (tertiary/aromatic N) is 1. The van der Waals surface area contributed by atoms with Crippen molar-refractivity contribution < 1.29 is 0 Å². The molecule has 0 atom stereocenters. The van der Waals surface area contributed by atoms with E-state index in [0.717, 1.165) is 12.5 Å². The summed E-state index contributed by atoms with van der Waals surface area (Å²) in [5, 5.41) is 10.6. The summed E-state index contributed by atoms with van der Waals surface area (Å²) in [7, 11) is 0. The molecule has 38 valence electrons. The lowest BCUT2D eigenvalue weighted by Crippen LogP contribution is -2.07. The van der Waals surface area contributed by atoms with Gasteiger partial charge in [0.25, 0.3) is 0 Å². The maximum absolute atomic E-state index is 7.98. The van der Waals surface area contributed by atoms with Crippen LogP contribution in [0.4, 0.5) is 0 Å². The average molecular weight is 96.1 g/mol. The summed E-state index contributed by atoms with van der Waals surface area (Å²) in [5.74, 6) is 0.819. The second-order valence-electron chi connectivity index (χ2n) is 1.94. The van der Waals surface area contributed by atoms with Crippen LogP contribution in [0, 0.1) is 17.4 Å². The molecule has 0 aromatic carbocycles. The molecule has 1 aliphatic rings. The Morgan fingerprint density at radius 2 is 2.43 bits per heavy atom. The maximum Gasteiger partial charge on any atom is 0.176 e. The first kappa shape index (κ1) is 4.45. The highest BCUT2D eigenvalue weighted by Gasteiger charge is 2.19. The monoisotopic (exact) mass is 96.1 g/mol. The van der Waals surface area contributed by atoms with Crippen molar-refractivity contribution in [1.82, 2.24) is 5.32 Å². The van der Waals surface area contributed by atoms with Gasteiger partial charge in [-0.25, -0.2) is 0 Å².